The Kier molecular flexibility index (Phi) is 2.82. The van der Waals surface area contributed by atoms with Gasteiger partial charge >= 0.3 is 0 Å². The van der Waals surface area contributed by atoms with Crippen LogP contribution >= 0.6 is 11.6 Å². The standard InChI is InChI=1S/C15H12ClNO/c16-12-6-3-5-10(8-12)14(17)15-13-7-2-1-4-11(13)9-18-15/h1-9,14H,17H2. The van der Waals surface area contributed by atoms with Gasteiger partial charge in [-0.25, -0.2) is 0 Å². The lowest BCUT2D eigenvalue weighted by Gasteiger charge is -2.10. The van der Waals surface area contributed by atoms with E-state index in [1.807, 2.05) is 48.5 Å². The minimum atomic E-state index is -0.302. The maximum absolute atomic E-state index is 6.24. The number of fused-ring (bicyclic) bond motifs is 1. The van der Waals surface area contributed by atoms with Crippen LogP contribution in [0.2, 0.25) is 5.02 Å². The van der Waals surface area contributed by atoms with Crippen LogP contribution in [0, 0.1) is 0 Å². The molecule has 3 aromatic rings. The third kappa shape index (κ3) is 1.90. The van der Waals surface area contributed by atoms with Gasteiger partial charge in [-0.15, -0.1) is 0 Å². The van der Waals surface area contributed by atoms with Gasteiger partial charge in [0.15, 0.2) is 0 Å². The molecule has 3 heteroatoms. The van der Waals surface area contributed by atoms with Crippen LogP contribution in [0.5, 0.6) is 0 Å². The summed E-state index contributed by atoms with van der Waals surface area (Å²) >= 11 is 5.98. The largest absolute Gasteiger partial charge is 0.466 e. The molecule has 90 valence electrons. The van der Waals surface area contributed by atoms with E-state index in [4.69, 9.17) is 21.8 Å². The molecule has 0 aliphatic carbocycles. The molecule has 0 saturated heterocycles. The summed E-state index contributed by atoms with van der Waals surface area (Å²) < 4.78 is 5.60. The SMILES string of the molecule is NC(c1cccc(Cl)c1)c1occ2ccccc12. The molecule has 0 spiro atoms. The van der Waals surface area contributed by atoms with Crippen molar-refractivity contribution >= 4 is 22.4 Å². The van der Waals surface area contributed by atoms with Crippen LogP contribution in [-0.2, 0) is 0 Å². The van der Waals surface area contributed by atoms with Crippen molar-refractivity contribution in [3.63, 3.8) is 0 Å². The third-order valence-electron chi connectivity index (χ3n) is 3.03. The average molecular weight is 258 g/mol. The van der Waals surface area contributed by atoms with E-state index < -0.39 is 0 Å². The summed E-state index contributed by atoms with van der Waals surface area (Å²) in [6.45, 7) is 0. The number of halogens is 1. The predicted molar refractivity (Wildman–Crippen MR) is 73.7 cm³/mol. The fourth-order valence-corrected chi connectivity index (χ4v) is 2.31. The minimum absolute atomic E-state index is 0.302. The van der Waals surface area contributed by atoms with E-state index in [-0.39, 0.29) is 6.04 Å². The van der Waals surface area contributed by atoms with Gasteiger partial charge in [-0.3, -0.25) is 0 Å². The normalized spacial score (nSPS) is 12.8. The maximum Gasteiger partial charge on any atom is 0.132 e. The van der Waals surface area contributed by atoms with Crippen molar-refractivity contribution in [2.45, 2.75) is 6.04 Å². The molecule has 0 saturated carbocycles. The molecule has 0 fully saturated rings. The molecule has 1 aromatic heterocycles. The van der Waals surface area contributed by atoms with Crippen molar-refractivity contribution in [1.29, 1.82) is 0 Å². The van der Waals surface area contributed by atoms with Gasteiger partial charge < -0.3 is 10.2 Å². The highest BCUT2D eigenvalue weighted by atomic mass is 35.5. The van der Waals surface area contributed by atoms with Crippen LogP contribution < -0.4 is 5.73 Å². The van der Waals surface area contributed by atoms with Crippen LogP contribution in [0.4, 0.5) is 0 Å². The first kappa shape index (κ1) is 11.3. The van der Waals surface area contributed by atoms with Crippen LogP contribution in [0.15, 0.2) is 59.2 Å². The molecule has 0 bridgehead atoms. The second-order valence-electron chi connectivity index (χ2n) is 4.22. The number of benzene rings is 2. The Bertz CT molecular complexity index is 690. The first-order valence-corrected chi connectivity index (χ1v) is 6.10. The maximum atomic E-state index is 6.24. The van der Waals surface area contributed by atoms with Gasteiger partial charge in [-0.1, -0.05) is 48.0 Å². The van der Waals surface area contributed by atoms with Gasteiger partial charge in [-0.2, -0.15) is 0 Å². The Labute approximate surface area is 110 Å². The second-order valence-corrected chi connectivity index (χ2v) is 4.66. The number of rotatable bonds is 2. The fourth-order valence-electron chi connectivity index (χ4n) is 2.11. The first-order valence-electron chi connectivity index (χ1n) is 5.73. The van der Waals surface area contributed by atoms with Gasteiger partial charge in [0.05, 0.1) is 12.3 Å². The van der Waals surface area contributed by atoms with Gasteiger partial charge in [0, 0.05) is 15.8 Å². The lowest BCUT2D eigenvalue weighted by molar-refractivity contribution is 0.495. The number of nitrogens with two attached hydrogens (primary N) is 1. The monoisotopic (exact) mass is 257 g/mol. The molecule has 0 amide bonds. The van der Waals surface area contributed by atoms with E-state index in [0.717, 1.165) is 22.1 Å². The topological polar surface area (TPSA) is 39.2 Å². The Hall–Kier alpha value is -1.77. The molecule has 2 N–H and O–H groups in total. The van der Waals surface area contributed by atoms with E-state index in [1.165, 1.54) is 0 Å². The summed E-state index contributed by atoms with van der Waals surface area (Å²) in [7, 11) is 0. The zero-order valence-corrected chi connectivity index (χ0v) is 10.4. The van der Waals surface area contributed by atoms with Crippen molar-refractivity contribution in [3.8, 4) is 0 Å². The number of hydrogen-bond donors (Lipinski definition) is 1. The van der Waals surface area contributed by atoms with Crippen LogP contribution in [-0.4, -0.2) is 0 Å². The molecule has 3 rings (SSSR count). The molecule has 2 aromatic carbocycles. The summed E-state index contributed by atoms with van der Waals surface area (Å²) in [4.78, 5) is 0. The quantitative estimate of drug-likeness (QED) is 0.750. The van der Waals surface area contributed by atoms with Gasteiger partial charge in [0.25, 0.3) is 0 Å². The highest BCUT2D eigenvalue weighted by Gasteiger charge is 2.16. The zero-order chi connectivity index (χ0) is 12.5. The number of hydrogen-bond acceptors (Lipinski definition) is 2. The summed E-state index contributed by atoms with van der Waals surface area (Å²) in [5.74, 6) is 0.771. The molecule has 0 aliphatic heterocycles. The predicted octanol–water partition coefficient (Wildman–Crippen LogP) is 4.13. The minimum Gasteiger partial charge on any atom is -0.466 e. The lowest BCUT2D eigenvalue weighted by atomic mass is 10.0. The summed E-state index contributed by atoms with van der Waals surface area (Å²) in [5.41, 5.74) is 7.19. The van der Waals surface area contributed by atoms with E-state index in [2.05, 4.69) is 0 Å². The van der Waals surface area contributed by atoms with Gasteiger partial charge in [0.2, 0.25) is 0 Å². The van der Waals surface area contributed by atoms with E-state index >= 15 is 0 Å². The van der Waals surface area contributed by atoms with Crippen molar-refractivity contribution < 1.29 is 4.42 Å². The highest BCUT2D eigenvalue weighted by Crippen LogP contribution is 2.29. The molecule has 1 atom stereocenters. The Morgan fingerprint density at radius 3 is 2.72 bits per heavy atom. The van der Waals surface area contributed by atoms with Gasteiger partial charge in [0.1, 0.15) is 5.76 Å². The Morgan fingerprint density at radius 1 is 1.06 bits per heavy atom. The summed E-state index contributed by atoms with van der Waals surface area (Å²) in [5, 5.41) is 2.79. The lowest BCUT2D eigenvalue weighted by Crippen LogP contribution is -2.11. The fraction of sp³-hybridized carbons (Fsp3) is 0.0667. The van der Waals surface area contributed by atoms with Crippen molar-refractivity contribution in [2.24, 2.45) is 5.73 Å². The third-order valence-corrected chi connectivity index (χ3v) is 3.26. The molecule has 1 heterocycles. The van der Waals surface area contributed by atoms with Crippen LogP contribution in [0.1, 0.15) is 17.4 Å². The van der Waals surface area contributed by atoms with E-state index in [0.29, 0.717) is 5.02 Å². The average Bonchev–Trinajstić information content (AvgIpc) is 2.82. The molecular weight excluding hydrogens is 246 g/mol. The molecule has 0 aliphatic rings. The molecule has 1 unspecified atom stereocenters. The Morgan fingerprint density at radius 2 is 1.89 bits per heavy atom. The van der Waals surface area contributed by atoms with Crippen molar-refractivity contribution in [3.05, 3.63) is 71.1 Å². The van der Waals surface area contributed by atoms with E-state index in [9.17, 15) is 0 Å². The van der Waals surface area contributed by atoms with E-state index in [1.54, 1.807) is 6.26 Å². The van der Waals surface area contributed by atoms with Crippen LogP contribution in [0.3, 0.4) is 0 Å². The number of furan rings is 1. The first-order chi connectivity index (χ1) is 8.75. The summed E-state index contributed by atoms with van der Waals surface area (Å²) in [6.07, 6.45) is 1.73. The molecule has 2 nitrogen and oxygen atoms in total. The molecule has 0 radical (unpaired) electrons. The molecule has 18 heavy (non-hydrogen) atoms. The van der Waals surface area contributed by atoms with Crippen LogP contribution in [0.25, 0.3) is 10.8 Å². The Balaban J connectivity index is 2.09. The van der Waals surface area contributed by atoms with Crippen molar-refractivity contribution in [2.75, 3.05) is 0 Å². The highest BCUT2D eigenvalue weighted by molar-refractivity contribution is 6.30. The summed E-state index contributed by atoms with van der Waals surface area (Å²) in [6, 6.07) is 15.2. The second kappa shape index (κ2) is 4.48. The zero-order valence-electron chi connectivity index (χ0n) is 9.64. The van der Waals surface area contributed by atoms with Crippen molar-refractivity contribution in [1.82, 2.24) is 0 Å². The van der Waals surface area contributed by atoms with Gasteiger partial charge in [-0.05, 0) is 17.7 Å². The molecular formula is C15H12ClNO. The smallest absolute Gasteiger partial charge is 0.132 e.